The molecule has 1 aromatic carbocycles. The Balaban J connectivity index is 0.000000948. The Morgan fingerprint density at radius 2 is 1.88 bits per heavy atom. The zero-order chi connectivity index (χ0) is 18.7. The van der Waals surface area contributed by atoms with Crippen molar-refractivity contribution >= 4 is 36.8 Å². The number of hydrogen-bond donors (Lipinski definition) is 2. The van der Waals surface area contributed by atoms with Crippen molar-refractivity contribution in [3.8, 4) is 0 Å². The topological polar surface area (TPSA) is 24.1 Å². The second-order valence-electron chi connectivity index (χ2n) is 7.08. The minimum atomic E-state index is 0.399. The number of hydrogen-bond acceptors (Lipinski definition) is 2. The van der Waals surface area contributed by atoms with Crippen LogP contribution in [-0.4, -0.2) is 19.1 Å². The maximum atomic E-state index is 6.36. The Hall–Kier alpha value is -0.340. The Labute approximate surface area is 173 Å². The standard InChI is InChI=1S/C19H23BrClN2P.C2H6/c20-16-9-14(21)7-12-1-2-13-8-15(24)10-23-19(13)18(17(12)16)11-3-5-22-6-4-11;1-2/h7-11,18-19,22-23H,1-6,24H2;1-2H3. The number of benzene rings is 1. The predicted octanol–water partition coefficient (Wildman–Crippen LogP) is 5.77. The lowest BCUT2D eigenvalue weighted by atomic mass is 9.73. The van der Waals surface area contributed by atoms with Crippen LogP contribution in [0.4, 0.5) is 0 Å². The third-order valence-electron chi connectivity index (χ3n) is 5.63. The summed E-state index contributed by atoms with van der Waals surface area (Å²) in [4.78, 5) is 0. The maximum absolute atomic E-state index is 6.36. The quantitative estimate of drug-likeness (QED) is 0.525. The highest BCUT2D eigenvalue weighted by molar-refractivity contribution is 9.10. The third-order valence-corrected chi connectivity index (χ3v) is 6.84. The van der Waals surface area contributed by atoms with Gasteiger partial charge in [0.05, 0.1) is 6.04 Å². The van der Waals surface area contributed by atoms with Gasteiger partial charge >= 0.3 is 0 Å². The summed E-state index contributed by atoms with van der Waals surface area (Å²) in [5.74, 6) is 1.19. The van der Waals surface area contributed by atoms with E-state index in [2.05, 4.69) is 60.2 Å². The molecule has 1 aliphatic carbocycles. The Morgan fingerprint density at radius 1 is 1.15 bits per heavy atom. The number of piperidine rings is 1. The maximum Gasteiger partial charge on any atom is 0.0543 e. The van der Waals surface area contributed by atoms with Gasteiger partial charge in [-0.05, 0) is 78.8 Å². The zero-order valence-corrected chi connectivity index (χ0v) is 19.1. The second-order valence-corrected chi connectivity index (χ2v) is 9.04. The van der Waals surface area contributed by atoms with Crippen LogP contribution in [0.1, 0.15) is 50.2 Å². The van der Waals surface area contributed by atoms with E-state index in [-0.39, 0.29) is 0 Å². The van der Waals surface area contributed by atoms with E-state index in [0.717, 1.165) is 31.0 Å². The zero-order valence-electron chi connectivity index (χ0n) is 15.6. The molecule has 5 heteroatoms. The van der Waals surface area contributed by atoms with Gasteiger partial charge in [0.1, 0.15) is 0 Å². The van der Waals surface area contributed by atoms with Crippen LogP contribution in [0.15, 0.2) is 39.8 Å². The van der Waals surface area contributed by atoms with Gasteiger partial charge in [0.25, 0.3) is 0 Å². The van der Waals surface area contributed by atoms with Crippen molar-refractivity contribution in [1.82, 2.24) is 10.6 Å². The van der Waals surface area contributed by atoms with Gasteiger partial charge in [-0.15, -0.1) is 9.24 Å². The molecule has 3 atom stereocenters. The summed E-state index contributed by atoms with van der Waals surface area (Å²) in [5.41, 5.74) is 4.43. The molecule has 0 aromatic heterocycles. The van der Waals surface area contributed by atoms with Crippen molar-refractivity contribution in [2.24, 2.45) is 5.92 Å². The van der Waals surface area contributed by atoms with Gasteiger partial charge in [-0.2, -0.15) is 0 Å². The Kier molecular flexibility index (Phi) is 7.25. The largest absolute Gasteiger partial charge is 0.383 e. The molecular weight excluding hydrogens is 427 g/mol. The lowest BCUT2D eigenvalue weighted by Gasteiger charge is -2.39. The fraction of sp³-hybridized carbons (Fsp3) is 0.524. The third kappa shape index (κ3) is 4.22. The van der Waals surface area contributed by atoms with E-state index in [1.807, 2.05) is 13.8 Å². The van der Waals surface area contributed by atoms with Crippen molar-refractivity contribution in [1.29, 1.82) is 0 Å². The smallest absolute Gasteiger partial charge is 0.0543 e. The highest BCUT2D eigenvalue weighted by Gasteiger charge is 2.38. The molecule has 0 radical (unpaired) electrons. The molecule has 2 heterocycles. The Morgan fingerprint density at radius 3 is 2.62 bits per heavy atom. The number of allylic oxidation sites excluding steroid dienone is 2. The molecule has 2 aliphatic heterocycles. The first-order valence-electron chi connectivity index (χ1n) is 9.74. The summed E-state index contributed by atoms with van der Waals surface area (Å²) in [6.07, 6.45) is 9.16. The van der Waals surface area contributed by atoms with Crippen LogP contribution >= 0.6 is 36.8 Å². The summed E-state index contributed by atoms with van der Waals surface area (Å²) in [6, 6.07) is 4.65. The van der Waals surface area contributed by atoms with Crippen molar-refractivity contribution in [3.05, 3.63) is 55.9 Å². The summed E-state index contributed by atoms with van der Waals surface area (Å²) in [7, 11) is 2.83. The number of fused-ring (bicyclic) bond motifs is 2. The van der Waals surface area contributed by atoms with Crippen molar-refractivity contribution in [3.63, 3.8) is 0 Å². The molecule has 1 aromatic rings. The molecule has 1 fully saturated rings. The van der Waals surface area contributed by atoms with Gasteiger partial charge in [0.15, 0.2) is 0 Å². The molecule has 0 spiro atoms. The van der Waals surface area contributed by atoms with Crippen LogP contribution in [0.2, 0.25) is 5.02 Å². The van der Waals surface area contributed by atoms with Gasteiger partial charge in [-0.3, -0.25) is 0 Å². The number of rotatable bonds is 1. The van der Waals surface area contributed by atoms with Crippen LogP contribution in [0, 0.1) is 5.92 Å². The second kappa shape index (κ2) is 9.24. The number of halogens is 2. The molecule has 26 heavy (non-hydrogen) atoms. The molecule has 142 valence electrons. The average molecular weight is 456 g/mol. The van der Waals surface area contributed by atoms with Crippen molar-refractivity contribution in [2.45, 2.75) is 51.5 Å². The molecule has 3 aliphatic rings. The van der Waals surface area contributed by atoms with Gasteiger partial charge in [0.2, 0.25) is 0 Å². The lowest BCUT2D eigenvalue weighted by molar-refractivity contribution is 0.287. The lowest BCUT2D eigenvalue weighted by Crippen LogP contribution is -2.41. The number of aryl methyl sites for hydroxylation is 1. The molecule has 0 saturated carbocycles. The van der Waals surface area contributed by atoms with Crippen LogP contribution in [0.5, 0.6) is 0 Å². The van der Waals surface area contributed by atoms with E-state index < -0.39 is 0 Å². The molecule has 0 bridgehead atoms. The number of nitrogens with one attached hydrogen (secondary N) is 2. The van der Waals surface area contributed by atoms with Crippen molar-refractivity contribution in [2.75, 3.05) is 13.1 Å². The van der Waals surface area contributed by atoms with Gasteiger partial charge < -0.3 is 10.6 Å². The highest BCUT2D eigenvalue weighted by atomic mass is 79.9. The summed E-state index contributed by atoms with van der Waals surface area (Å²) >= 11 is 10.2. The predicted molar refractivity (Wildman–Crippen MR) is 120 cm³/mol. The average Bonchev–Trinajstić information content (AvgIpc) is 2.81. The van der Waals surface area contributed by atoms with Crippen LogP contribution < -0.4 is 10.6 Å². The molecular formula is C21H29BrClN2P. The van der Waals surface area contributed by atoms with E-state index in [1.165, 1.54) is 39.3 Å². The highest BCUT2D eigenvalue weighted by Crippen LogP contribution is 2.46. The minimum absolute atomic E-state index is 0.399. The first-order chi connectivity index (χ1) is 12.6. The molecule has 4 rings (SSSR count). The van der Waals surface area contributed by atoms with Crippen LogP contribution in [-0.2, 0) is 6.42 Å². The van der Waals surface area contributed by atoms with E-state index in [1.54, 1.807) is 0 Å². The number of dihydropyridines is 1. The summed E-state index contributed by atoms with van der Waals surface area (Å²) in [5, 5.41) is 9.31. The van der Waals surface area contributed by atoms with E-state index in [4.69, 9.17) is 11.6 Å². The summed E-state index contributed by atoms with van der Waals surface area (Å²) < 4.78 is 1.18. The van der Waals surface area contributed by atoms with Gasteiger partial charge in [-0.25, -0.2) is 0 Å². The van der Waals surface area contributed by atoms with E-state index in [0.29, 0.717) is 17.9 Å². The SMILES string of the molecule is CC.PC1=CNC2C(=C1)CCc1cc(Cl)cc(Br)c1C2C1CCNCC1. The minimum Gasteiger partial charge on any atom is -0.383 e. The Bertz CT molecular complexity index is 710. The van der Waals surface area contributed by atoms with Crippen LogP contribution in [0.3, 0.4) is 0 Å². The monoisotopic (exact) mass is 454 g/mol. The molecule has 0 amide bonds. The van der Waals surface area contributed by atoms with Crippen LogP contribution in [0.25, 0.3) is 0 Å². The van der Waals surface area contributed by atoms with Gasteiger partial charge in [0, 0.05) is 21.6 Å². The molecule has 3 unspecified atom stereocenters. The fourth-order valence-electron chi connectivity index (χ4n) is 4.58. The van der Waals surface area contributed by atoms with E-state index in [9.17, 15) is 0 Å². The normalized spacial score (nSPS) is 25.4. The molecule has 2 N–H and O–H groups in total. The first kappa shape index (κ1) is 20.4. The van der Waals surface area contributed by atoms with Gasteiger partial charge in [-0.1, -0.05) is 47.5 Å². The molecule has 1 saturated heterocycles. The summed E-state index contributed by atoms with van der Waals surface area (Å²) in [6.45, 7) is 6.25. The van der Waals surface area contributed by atoms with E-state index >= 15 is 0 Å². The first-order valence-corrected chi connectivity index (χ1v) is 11.5. The molecule has 2 nitrogen and oxygen atoms in total. The van der Waals surface area contributed by atoms with Crippen molar-refractivity contribution < 1.29 is 0 Å². The fourth-order valence-corrected chi connectivity index (χ4v) is 6.02.